The number of carbonyl (C=O) groups excluding carboxylic acids is 1. The number of likely N-dealkylation sites (tertiary alicyclic amines) is 1. The molecule has 0 spiro atoms. The maximum absolute atomic E-state index is 12.5. The van der Waals surface area contributed by atoms with Gasteiger partial charge in [-0.15, -0.1) is 0 Å². The molecule has 8 heteroatoms. The number of nitrogens with two attached hydrogens (primary N) is 1. The number of ether oxygens (including phenoxy) is 1. The van der Waals surface area contributed by atoms with Gasteiger partial charge >= 0.3 is 17.9 Å². The zero-order chi connectivity index (χ0) is 21.3. The molecule has 0 radical (unpaired) electrons. The third-order valence-electron chi connectivity index (χ3n) is 5.41. The lowest BCUT2D eigenvalue weighted by Gasteiger charge is -2.38. The number of rotatable bonds is 4. The number of carbonyl (C=O) groups is 3. The molecule has 0 amide bonds. The van der Waals surface area contributed by atoms with Gasteiger partial charge in [-0.3, -0.25) is 9.69 Å². The summed E-state index contributed by atoms with van der Waals surface area (Å²) in [7, 11) is 0. The summed E-state index contributed by atoms with van der Waals surface area (Å²) < 4.78 is 5.70. The lowest BCUT2D eigenvalue weighted by Crippen LogP contribution is -2.56. The number of hydrogen-bond acceptors (Lipinski definition) is 6. The maximum atomic E-state index is 12.5. The highest BCUT2D eigenvalue weighted by Crippen LogP contribution is 2.26. The van der Waals surface area contributed by atoms with Gasteiger partial charge in [-0.25, -0.2) is 9.59 Å². The van der Waals surface area contributed by atoms with Gasteiger partial charge in [0.2, 0.25) is 0 Å². The minimum Gasteiger partial charge on any atom is -0.473 e. The Labute approximate surface area is 170 Å². The highest BCUT2D eigenvalue weighted by molar-refractivity contribution is 6.27. The van der Waals surface area contributed by atoms with Gasteiger partial charge in [-0.05, 0) is 44.1 Å². The minimum atomic E-state index is -1.82. The van der Waals surface area contributed by atoms with Crippen molar-refractivity contribution in [3.63, 3.8) is 0 Å². The topological polar surface area (TPSA) is 130 Å². The summed E-state index contributed by atoms with van der Waals surface area (Å²) in [5, 5.41) is 14.8. The highest BCUT2D eigenvalue weighted by atomic mass is 16.5. The van der Waals surface area contributed by atoms with Crippen LogP contribution in [0.3, 0.4) is 0 Å². The SMILES string of the molecule is NC1(C(=O)OC2CCCCC2)CCN(Cc2ccccc2)CC1.O=C(O)C(=O)O. The molecule has 1 saturated carbocycles. The second-order valence-corrected chi connectivity index (χ2v) is 7.69. The number of carboxylic acids is 2. The van der Waals surface area contributed by atoms with E-state index in [4.69, 9.17) is 30.3 Å². The smallest absolute Gasteiger partial charge is 0.414 e. The zero-order valence-electron chi connectivity index (χ0n) is 16.6. The van der Waals surface area contributed by atoms with Gasteiger partial charge in [0.05, 0.1) is 0 Å². The van der Waals surface area contributed by atoms with Gasteiger partial charge in [0, 0.05) is 19.6 Å². The Kier molecular flexibility index (Phi) is 8.60. The molecular weight excluding hydrogens is 376 g/mol. The van der Waals surface area contributed by atoms with Crippen LogP contribution in [-0.2, 0) is 25.7 Å². The molecular formula is C21H30N2O6. The molecule has 1 aliphatic heterocycles. The molecule has 0 unspecified atom stereocenters. The summed E-state index contributed by atoms with van der Waals surface area (Å²) in [6.45, 7) is 2.63. The van der Waals surface area contributed by atoms with Crippen molar-refractivity contribution in [1.82, 2.24) is 4.90 Å². The number of aliphatic carboxylic acids is 2. The molecule has 160 valence electrons. The normalized spacial score (nSPS) is 19.5. The van der Waals surface area contributed by atoms with Crippen LogP contribution < -0.4 is 5.73 Å². The predicted octanol–water partition coefficient (Wildman–Crippen LogP) is 2.01. The van der Waals surface area contributed by atoms with Crippen LogP contribution in [0.4, 0.5) is 0 Å². The van der Waals surface area contributed by atoms with Crippen molar-refractivity contribution < 1.29 is 29.3 Å². The van der Waals surface area contributed by atoms with Crippen LogP contribution in [0.1, 0.15) is 50.5 Å². The summed E-state index contributed by atoms with van der Waals surface area (Å²) in [4.78, 5) is 33.1. The lowest BCUT2D eigenvalue weighted by atomic mass is 9.88. The van der Waals surface area contributed by atoms with Crippen LogP contribution in [0, 0.1) is 0 Å². The van der Waals surface area contributed by atoms with Crippen LogP contribution in [-0.4, -0.2) is 57.8 Å². The molecule has 2 aliphatic rings. The molecule has 3 rings (SSSR count). The van der Waals surface area contributed by atoms with E-state index in [-0.39, 0.29) is 12.1 Å². The van der Waals surface area contributed by atoms with Crippen LogP contribution in [0.25, 0.3) is 0 Å². The monoisotopic (exact) mass is 406 g/mol. The van der Waals surface area contributed by atoms with E-state index in [2.05, 4.69) is 29.2 Å². The number of hydrogen-bond donors (Lipinski definition) is 3. The van der Waals surface area contributed by atoms with Crippen molar-refractivity contribution in [2.24, 2.45) is 5.73 Å². The standard InChI is InChI=1S/C19H28N2O2.C2H2O4/c20-19(18(22)23-17-9-5-2-6-10-17)11-13-21(14-12-19)15-16-7-3-1-4-8-16;3-1(4)2(5)6/h1,3-4,7-8,17H,2,5-6,9-15,20H2;(H,3,4)(H,5,6). The number of nitrogens with zero attached hydrogens (tertiary/aromatic N) is 1. The first-order chi connectivity index (χ1) is 13.8. The molecule has 8 nitrogen and oxygen atoms in total. The average Bonchev–Trinajstić information content (AvgIpc) is 2.72. The molecule has 1 saturated heterocycles. The summed E-state index contributed by atoms with van der Waals surface area (Å²) >= 11 is 0. The zero-order valence-corrected chi connectivity index (χ0v) is 16.6. The van der Waals surface area contributed by atoms with Crippen LogP contribution in [0.2, 0.25) is 0 Å². The van der Waals surface area contributed by atoms with Gasteiger partial charge < -0.3 is 20.7 Å². The maximum Gasteiger partial charge on any atom is 0.414 e. The molecule has 0 aromatic heterocycles. The van der Waals surface area contributed by atoms with E-state index >= 15 is 0 Å². The van der Waals surface area contributed by atoms with E-state index in [1.165, 1.54) is 24.8 Å². The summed E-state index contributed by atoms with van der Waals surface area (Å²) in [6.07, 6.45) is 7.07. The molecule has 1 aromatic carbocycles. The van der Waals surface area contributed by atoms with Crippen LogP contribution in [0.15, 0.2) is 30.3 Å². The Morgan fingerprint density at radius 1 is 1.00 bits per heavy atom. The van der Waals surface area contributed by atoms with Gasteiger partial charge in [-0.1, -0.05) is 36.8 Å². The first-order valence-corrected chi connectivity index (χ1v) is 10.0. The van der Waals surface area contributed by atoms with Gasteiger partial charge in [0.1, 0.15) is 11.6 Å². The number of piperidine rings is 1. The lowest BCUT2D eigenvalue weighted by molar-refractivity contribution is -0.159. The van der Waals surface area contributed by atoms with Gasteiger partial charge in [-0.2, -0.15) is 0 Å². The van der Waals surface area contributed by atoms with Crippen molar-refractivity contribution >= 4 is 17.9 Å². The fourth-order valence-electron chi connectivity index (χ4n) is 3.61. The molecule has 0 atom stereocenters. The van der Waals surface area contributed by atoms with E-state index < -0.39 is 17.5 Å². The summed E-state index contributed by atoms with van der Waals surface area (Å²) in [5.74, 6) is -3.83. The Balaban J connectivity index is 0.000000438. The Morgan fingerprint density at radius 3 is 2.07 bits per heavy atom. The molecule has 4 N–H and O–H groups in total. The molecule has 1 aliphatic carbocycles. The number of benzene rings is 1. The fraction of sp³-hybridized carbons (Fsp3) is 0.571. The van der Waals surface area contributed by atoms with E-state index in [0.29, 0.717) is 12.8 Å². The number of carboxylic acid groups (broad SMARTS) is 2. The van der Waals surface area contributed by atoms with Crippen molar-refractivity contribution in [1.29, 1.82) is 0 Å². The molecule has 29 heavy (non-hydrogen) atoms. The van der Waals surface area contributed by atoms with Crippen molar-refractivity contribution in [3.05, 3.63) is 35.9 Å². The largest absolute Gasteiger partial charge is 0.473 e. The van der Waals surface area contributed by atoms with E-state index in [1.807, 2.05) is 6.07 Å². The Bertz CT molecular complexity index is 668. The second-order valence-electron chi connectivity index (χ2n) is 7.69. The quantitative estimate of drug-likeness (QED) is 0.511. The van der Waals surface area contributed by atoms with Gasteiger partial charge in [0.25, 0.3) is 0 Å². The predicted molar refractivity (Wildman–Crippen MR) is 106 cm³/mol. The van der Waals surface area contributed by atoms with E-state index in [1.54, 1.807) is 0 Å². The first kappa shape index (κ1) is 22.8. The minimum absolute atomic E-state index is 0.0963. The van der Waals surface area contributed by atoms with Crippen molar-refractivity contribution in [2.45, 2.75) is 63.1 Å². The first-order valence-electron chi connectivity index (χ1n) is 10.0. The summed E-state index contributed by atoms with van der Waals surface area (Å²) in [5.41, 5.74) is 6.89. The van der Waals surface area contributed by atoms with Crippen molar-refractivity contribution in [2.75, 3.05) is 13.1 Å². The molecule has 1 heterocycles. The third-order valence-corrected chi connectivity index (χ3v) is 5.41. The van der Waals surface area contributed by atoms with E-state index in [0.717, 1.165) is 32.5 Å². The van der Waals surface area contributed by atoms with Crippen molar-refractivity contribution in [3.8, 4) is 0 Å². The van der Waals surface area contributed by atoms with Crippen LogP contribution >= 0.6 is 0 Å². The molecule has 2 fully saturated rings. The van der Waals surface area contributed by atoms with Gasteiger partial charge in [0.15, 0.2) is 0 Å². The Hall–Kier alpha value is -2.45. The average molecular weight is 406 g/mol. The molecule has 1 aromatic rings. The van der Waals surface area contributed by atoms with E-state index in [9.17, 15) is 4.79 Å². The Morgan fingerprint density at radius 2 is 1.55 bits per heavy atom. The second kappa shape index (κ2) is 10.9. The summed E-state index contributed by atoms with van der Waals surface area (Å²) in [6, 6.07) is 10.4. The highest BCUT2D eigenvalue weighted by Gasteiger charge is 2.40. The molecule has 0 bridgehead atoms. The fourth-order valence-corrected chi connectivity index (χ4v) is 3.61. The number of esters is 1. The van der Waals surface area contributed by atoms with Crippen LogP contribution in [0.5, 0.6) is 0 Å². The third kappa shape index (κ3) is 7.47.